The second-order valence-electron chi connectivity index (χ2n) is 6.24. The second kappa shape index (κ2) is 7.50. The largest absolute Gasteiger partial charge is 0.459 e. The standard InChI is InChI=1S/C20H17Cl2N3OS/c1-2-25-19(18(24-20(25)27)15-5-3-4-10-23-15)17-9-8-16(26-17)12-6-7-13(21)14(22)11-12/h3-11,18-19H,2H2,1H3,(H,24,27). The highest BCUT2D eigenvalue weighted by Crippen LogP contribution is 2.40. The molecule has 0 bridgehead atoms. The molecule has 2 aromatic heterocycles. The van der Waals surface area contributed by atoms with E-state index in [4.69, 9.17) is 39.8 Å². The Kier molecular flexibility index (Phi) is 5.08. The van der Waals surface area contributed by atoms with Crippen LogP contribution in [0.3, 0.4) is 0 Å². The van der Waals surface area contributed by atoms with Gasteiger partial charge in [0.2, 0.25) is 0 Å². The molecule has 0 saturated carbocycles. The smallest absolute Gasteiger partial charge is 0.170 e. The minimum atomic E-state index is -0.0774. The van der Waals surface area contributed by atoms with E-state index in [-0.39, 0.29) is 12.1 Å². The summed E-state index contributed by atoms with van der Waals surface area (Å²) >= 11 is 17.7. The molecule has 27 heavy (non-hydrogen) atoms. The monoisotopic (exact) mass is 417 g/mol. The summed E-state index contributed by atoms with van der Waals surface area (Å²) in [5.74, 6) is 1.55. The number of pyridine rings is 1. The predicted molar refractivity (Wildman–Crippen MR) is 112 cm³/mol. The van der Waals surface area contributed by atoms with Crippen molar-refractivity contribution in [2.75, 3.05) is 6.54 Å². The normalized spacial score (nSPS) is 19.4. The van der Waals surface area contributed by atoms with E-state index in [0.717, 1.165) is 29.3 Å². The number of likely N-dealkylation sites (N-methyl/N-ethyl adjacent to an activating group) is 1. The van der Waals surface area contributed by atoms with Crippen molar-refractivity contribution < 1.29 is 4.42 Å². The third-order valence-electron chi connectivity index (χ3n) is 4.66. The third-order valence-corrected chi connectivity index (χ3v) is 5.75. The zero-order valence-corrected chi connectivity index (χ0v) is 16.9. The summed E-state index contributed by atoms with van der Waals surface area (Å²) in [6, 6.07) is 15.1. The molecule has 1 saturated heterocycles. The van der Waals surface area contributed by atoms with Gasteiger partial charge in [-0.3, -0.25) is 4.98 Å². The van der Waals surface area contributed by atoms with Gasteiger partial charge in [-0.1, -0.05) is 29.3 Å². The summed E-state index contributed by atoms with van der Waals surface area (Å²) in [5, 5.41) is 5.10. The Labute approximate surface area is 173 Å². The van der Waals surface area contributed by atoms with Gasteiger partial charge in [-0.2, -0.15) is 0 Å². The van der Waals surface area contributed by atoms with Crippen molar-refractivity contribution in [2.45, 2.75) is 19.0 Å². The molecule has 4 nitrogen and oxygen atoms in total. The summed E-state index contributed by atoms with van der Waals surface area (Å²) in [6.07, 6.45) is 1.79. The summed E-state index contributed by atoms with van der Waals surface area (Å²) in [6.45, 7) is 2.84. The molecule has 2 unspecified atom stereocenters. The van der Waals surface area contributed by atoms with Crippen molar-refractivity contribution in [3.05, 3.63) is 76.2 Å². The van der Waals surface area contributed by atoms with Gasteiger partial charge in [-0.25, -0.2) is 0 Å². The number of hydrogen-bond donors (Lipinski definition) is 1. The lowest BCUT2D eigenvalue weighted by molar-refractivity contribution is 0.284. The van der Waals surface area contributed by atoms with E-state index >= 15 is 0 Å². The van der Waals surface area contributed by atoms with Gasteiger partial charge in [0.15, 0.2) is 5.11 Å². The zero-order chi connectivity index (χ0) is 19.0. The van der Waals surface area contributed by atoms with Gasteiger partial charge >= 0.3 is 0 Å². The van der Waals surface area contributed by atoms with Gasteiger partial charge in [-0.15, -0.1) is 0 Å². The first-order valence-corrected chi connectivity index (χ1v) is 9.78. The van der Waals surface area contributed by atoms with Crippen molar-refractivity contribution in [3.8, 4) is 11.3 Å². The Morgan fingerprint density at radius 1 is 1.15 bits per heavy atom. The fraction of sp³-hybridized carbons (Fsp3) is 0.200. The maximum Gasteiger partial charge on any atom is 0.170 e. The molecule has 0 aliphatic carbocycles. The molecule has 2 atom stereocenters. The van der Waals surface area contributed by atoms with E-state index in [0.29, 0.717) is 15.2 Å². The molecule has 138 valence electrons. The molecule has 3 heterocycles. The molecule has 1 aliphatic rings. The number of furan rings is 1. The van der Waals surface area contributed by atoms with Crippen LogP contribution < -0.4 is 5.32 Å². The second-order valence-corrected chi connectivity index (χ2v) is 7.44. The average molecular weight is 418 g/mol. The molecule has 4 rings (SSSR count). The number of nitrogens with zero attached hydrogens (tertiary/aromatic N) is 2. The number of nitrogens with one attached hydrogen (secondary N) is 1. The summed E-state index contributed by atoms with van der Waals surface area (Å²) in [5.41, 5.74) is 1.80. The fourth-order valence-electron chi connectivity index (χ4n) is 3.37. The first-order chi connectivity index (χ1) is 13.1. The van der Waals surface area contributed by atoms with E-state index in [9.17, 15) is 0 Å². The van der Waals surface area contributed by atoms with E-state index in [1.165, 1.54) is 0 Å². The van der Waals surface area contributed by atoms with Gasteiger partial charge < -0.3 is 14.6 Å². The molecule has 1 aromatic carbocycles. The predicted octanol–water partition coefficient (Wildman–Crippen LogP) is 5.64. The molecule has 1 N–H and O–H groups in total. The van der Waals surface area contributed by atoms with Gasteiger partial charge in [-0.05, 0) is 61.6 Å². The fourth-order valence-corrected chi connectivity index (χ4v) is 4.04. The molecule has 3 aromatic rings. The SMILES string of the molecule is CCN1C(=S)NC(c2ccccn2)C1c1ccc(-c2ccc(Cl)c(Cl)c2)o1. The van der Waals surface area contributed by atoms with Crippen LogP contribution in [0.25, 0.3) is 11.3 Å². The van der Waals surface area contributed by atoms with Crippen LogP contribution in [0.1, 0.15) is 30.5 Å². The quantitative estimate of drug-likeness (QED) is 0.556. The zero-order valence-electron chi connectivity index (χ0n) is 14.5. The maximum absolute atomic E-state index is 6.21. The molecular formula is C20H17Cl2N3OS. The van der Waals surface area contributed by atoms with Gasteiger partial charge in [0.05, 0.1) is 21.8 Å². The van der Waals surface area contributed by atoms with E-state index in [2.05, 4.69) is 22.1 Å². The van der Waals surface area contributed by atoms with Crippen molar-refractivity contribution in [1.82, 2.24) is 15.2 Å². The number of aromatic nitrogens is 1. The Bertz CT molecular complexity index is 976. The van der Waals surface area contributed by atoms with Crippen LogP contribution in [0.15, 0.2) is 59.1 Å². The van der Waals surface area contributed by atoms with Crippen LogP contribution in [0.4, 0.5) is 0 Å². The Hall–Kier alpha value is -2.08. The molecule has 0 spiro atoms. The van der Waals surface area contributed by atoms with Crippen molar-refractivity contribution in [1.29, 1.82) is 0 Å². The Balaban J connectivity index is 1.72. The molecule has 0 radical (unpaired) electrons. The summed E-state index contributed by atoms with van der Waals surface area (Å²) in [4.78, 5) is 6.62. The lowest BCUT2D eigenvalue weighted by atomic mass is 10.0. The first kappa shape index (κ1) is 18.3. The molecular weight excluding hydrogens is 401 g/mol. The molecule has 0 amide bonds. The lowest BCUT2D eigenvalue weighted by Crippen LogP contribution is -2.29. The highest BCUT2D eigenvalue weighted by Gasteiger charge is 2.40. The van der Waals surface area contributed by atoms with Crippen LogP contribution in [0.5, 0.6) is 0 Å². The van der Waals surface area contributed by atoms with Gasteiger partial charge in [0.25, 0.3) is 0 Å². The Morgan fingerprint density at radius 2 is 2.00 bits per heavy atom. The Morgan fingerprint density at radius 3 is 2.70 bits per heavy atom. The van der Waals surface area contributed by atoms with Crippen molar-refractivity contribution in [2.24, 2.45) is 0 Å². The minimum Gasteiger partial charge on any atom is -0.459 e. The van der Waals surface area contributed by atoms with Gasteiger partial charge in [0, 0.05) is 18.3 Å². The highest BCUT2D eigenvalue weighted by atomic mass is 35.5. The summed E-state index contributed by atoms with van der Waals surface area (Å²) < 4.78 is 6.21. The highest BCUT2D eigenvalue weighted by molar-refractivity contribution is 7.80. The van der Waals surface area contributed by atoms with Crippen LogP contribution >= 0.6 is 35.4 Å². The van der Waals surface area contributed by atoms with E-state index in [1.807, 2.05) is 36.4 Å². The van der Waals surface area contributed by atoms with E-state index in [1.54, 1.807) is 18.3 Å². The summed E-state index contributed by atoms with van der Waals surface area (Å²) in [7, 11) is 0. The van der Waals surface area contributed by atoms with Crippen LogP contribution in [0.2, 0.25) is 10.0 Å². The molecule has 7 heteroatoms. The number of rotatable bonds is 4. The van der Waals surface area contributed by atoms with Crippen molar-refractivity contribution >= 4 is 40.5 Å². The molecule has 1 aliphatic heterocycles. The number of benzene rings is 1. The third kappa shape index (κ3) is 3.43. The number of thiocarbonyl (C=S) groups is 1. The van der Waals surface area contributed by atoms with Crippen LogP contribution in [0, 0.1) is 0 Å². The first-order valence-electron chi connectivity index (χ1n) is 8.61. The van der Waals surface area contributed by atoms with Crippen LogP contribution in [-0.4, -0.2) is 21.5 Å². The number of hydrogen-bond acceptors (Lipinski definition) is 3. The van der Waals surface area contributed by atoms with Gasteiger partial charge in [0.1, 0.15) is 17.6 Å². The molecule has 1 fully saturated rings. The topological polar surface area (TPSA) is 41.3 Å². The minimum absolute atomic E-state index is 0.0751. The number of halogens is 2. The average Bonchev–Trinajstić information content (AvgIpc) is 3.29. The van der Waals surface area contributed by atoms with Crippen molar-refractivity contribution in [3.63, 3.8) is 0 Å². The lowest BCUT2D eigenvalue weighted by Gasteiger charge is -2.24. The van der Waals surface area contributed by atoms with E-state index < -0.39 is 0 Å². The maximum atomic E-state index is 6.21. The van der Waals surface area contributed by atoms with Crippen LogP contribution in [-0.2, 0) is 0 Å².